The van der Waals surface area contributed by atoms with Gasteiger partial charge in [0.05, 0.1) is 13.0 Å². The number of nitrogens with zero attached hydrogens (tertiary/aromatic N) is 1. The van der Waals surface area contributed by atoms with E-state index in [1.165, 1.54) is 19.2 Å². The molecule has 0 aliphatic carbocycles. The Hall–Kier alpha value is -2.11. The minimum Gasteiger partial charge on any atom is -0.494 e. The Labute approximate surface area is 121 Å². The smallest absolute Gasteiger partial charge is 0.308 e. The molecule has 21 heavy (non-hydrogen) atoms. The Morgan fingerprint density at radius 2 is 2.14 bits per heavy atom. The van der Waals surface area contributed by atoms with E-state index in [0.29, 0.717) is 12.8 Å². The zero-order valence-electron chi connectivity index (χ0n) is 11.6. The van der Waals surface area contributed by atoms with Crippen LogP contribution in [0.1, 0.15) is 29.6 Å². The fraction of sp³-hybridized carbons (Fsp3) is 0.467. The second-order valence-electron chi connectivity index (χ2n) is 5.54. The van der Waals surface area contributed by atoms with Crippen LogP contribution in [0.25, 0.3) is 0 Å². The number of carbonyl (C=O) groups excluding carboxylic acids is 1. The molecule has 1 N–H and O–H groups in total. The van der Waals surface area contributed by atoms with Gasteiger partial charge in [0.15, 0.2) is 11.6 Å². The van der Waals surface area contributed by atoms with Gasteiger partial charge in [-0.15, -0.1) is 0 Å². The molecule has 2 aliphatic rings. The third-order valence-corrected chi connectivity index (χ3v) is 4.49. The molecule has 2 saturated heterocycles. The van der Waals surface area contributed by atoms with Crippen molar-refractivity contribution in [3.63, 3.8) is 0 Å². The number of rotatable bonds is 3. The average molecular weight is 293 g/mol. The molecule has 1 aromatic rings. The number of halogens is 1. The Kier molecular flexibility index (Phi) is 3.31. The zero-order valence-corrected chi connectivity index (χ0v) is 11.6. The van der Waals surface area contributed by atoms with Gasteiger partial charge in [-0.3, -0.25) is 9.59 Å². The molecule has 0 aromatic heterocycles. The number of benzene rings is 1. The molecule has 5 nitrogen and oxygen atoms in total. The lowest BCUT2D eigenvalue weighted by molar-refractivity contribution is -0.142. The van der Waals surface area contributed by atoms with Crippen LogP contribution in [0.5, 0.6) is 5.75 Å². The molecule has 3 atom stereocenters. The largest absolute Gasteiger partial charge is 0.494 e. The summed E-state index contributed by atoms with van der Waals surface area (Å²) in [5.41, 5.74) is 0.233. The van der Waals surface area contributed by atoms with E-state index < -0.39 is 17.7 Å². The van der Waals surface area contributed by atoms with Gasteiger partial charge in [-0.1, -0.05) is 0 Å². The SMILES string of the molecule is COc1ccc(C(=O)N2C3CCC2C(C(=O)O)C3)cc1F. The molecule has 0 saturated carbocycles. The molecule has 2 fully saturated rings. The molecule has 3 rings (SSSR count). The van der Waals surface area contributed by atoms with E-state index in [1.54, 1.807) is 4.90 Å². The summed E-state index contributed by atoms with van der Waals surface area (Å²) in [6.07, 6.45) is 2.01. The van der Waals surface area contributed by atoms with Gasteiger partial charge in [-0.05, 0) is 37.5 Å². The monoisotopic (exact) mass is 293 g/mol. The minimum absolute atomic E-state index is 0.0474. The summed E-state index contributed by atoms with van der Waals surface area (Å²) in [6, 6.07) is 3.75. The van der Waals surface area contributed by atoms with E-state index in [2.05, 4.69) is 0 Å². The molecule has 2 heterocycles. The van der Waals surface area contributed by atoms with Crippen molar-refractivity contribution in [2.24, 2.45) is 5.92 Å². The lowest BCUT2D eigenvalue weighted by atomic mass is 9.89. The van der Waals surface area contributed by atoms with Gasteiger partial charge in [0.1, 0.15) is 0 Å². The second kappa shape index (κ2) is 5.02. The number of carbonyl (C=O) groups is 2. The summed E-state index contributed by atoms with van der Waals surface area (Å²) >= 11 is 0. The van der Waals surface area contributed by atoms with Crippen molar-refractivity contribution in [1.82, 2.24) is 4.90 Å². The van der Waals surface area contributed by atoms with Crippen LogP contribution in [0.15, 0.2) is 18.2 Å². The molecular weight excluding hydrogens is 277 g/mol. The summed E-state index contributed by atoms with van der Waals surface area (Å²) < 4.78 is 18.6. The maximum absolute atomic E-state index is 13.7. The molecule has 6 heteroatoms. The fourth-order valence-corrected chi connectivity index (χ4v) is 3.52. The van der Waals surface area contributed by atoms with Crippen molar-refractivity contribution < 1.29 is 23.8 Å². The van der Waals surface area contributed by atoms with E-state index >= 15 is 0 Å². The Balaban J connectivity index is 1.86. The number of ether oxygens (including phenoxy) is 1. The van der Waals surface area contributed by atoms with Gasteiger partial charge in [0.25, 0.3) is 5.91 Å². The molecule has 0 spiro atoms. The van der Waals surface area contributed by atoms with Crippen LogP contribution in [-0.2, 0) is 4.79 Å². The van der Waals surface area contributed by atoms with Gasteiger partial charge in [0.2, 0.25) is 0 Å². The van der Waals surface area contributed by atoms with Crippen LogP contribution in [0.2, 0.25) is 0 Å². The summed E-state index contributed by atoms with van der Waals surface area (Å²) in [7, 11) is 1.36. The highest BCUT2D eigenvalue weighted by Crippen LogP contribution is 2.42. The molecule has 1 aromatic carbocycles. The summed E-state index contributed by atoms with van der Waals surface area (Å²) in [5, 5.41) is 9.20. The lowest BCUT2D eigenvalue weighted by Crippen LogP contribution is -2.37. The van der Waals surface area contributed by atoms with E-state index in [0.717, 1.165) is 12.5 Å². The van der Waals surface area contributed by atoms with Crippen molar-refractivity contribution in [2.75, 3.05) is 7.11 Å². The van der Waals surface area contributed by atoms with Crippen molar-refractivity contribution in [2.45, 2.75) is 31.3 Å². The van der Waals surface area contributed by atoms with Crippen molar-refractivity contribution in [3.05, 3.63) is 29.6 Å². The molecule has 0 radical (unpaired) electrons. The predicted octanol–water partition coefficient (Wildman–Crippen LogP) is 1.91. The molecule has 2 aliphatic heterocycles. The first-order chi connectivity index (χ1) is 10.0. The van der Waals surface area contributed by atoms with Crippen LogP contribution >= 0.6 is 0 Å². The highest BCUT2D eigenvalue weighted by molar-refractivity contribution is 5.95. The number of hydrogen-bond acceptors (Lipinski definition) is 3. The molecule has 112 valence electrons. The van der Waals surface area contributed by atoms with Crippen LogP contribution in [0.3, 0.4) is 0 Å². The fourth-order valence-electron chi connectivity index (χ4n) is 3.52. The summed E-state index contributed by atoms with van der Waals surface area (Å²) in [5.74, 6) is -2.17. The second-order valence-corrected chi connectivity index (χ2v) is 5.54. The van der Waals surface area contributed by atoms with Crippen LogP contribution in [-0.4, -0.2) is 41.1 Å². The van der Waals surface area contributed by atoms with Crippen LogP contribution in [0.4, 0.5) is 4.39 Å². The number of carboxylic acids is 1. The first-order valence-corrected chi connectivity index (χ1v) is 6.92. The standard InChI is InChI=1S/C15H16FNO4/c1-21-13-5-2-8(6-11(13)16)14(18)17-9-3-4-12(17)10(7-9)15(19)20/h2,5-6,9-10,12H,3-4,7H2,1H3,(H,19,20). The van der Waals surface area contributed by atoms with Crippen molar-refractivity contribution in [1.29, 1.82) is 0 Å². The van der Waals surface area contributed by atoms with Gasteiger partial charge in [-0.2, -0.15) is 0 Å². The predicted molar refractivity (Wildman–Crippen MR) is 71.7 cm³/mol. The quantitative estimate of drug-likeness (QED) is 0.924. The number of amides is 1. The first kappa shape index (κ1) is 13.9. The van der Waals surface area contributed by atoms with Crippen molar-refractivity contribution in [3.8, 4) is 5.75 Å². The zero-order chi connectivity index (χ0) is 15.1. The van der Waals surface area contributed by atoms with Gasteiger partial charge >= 0.3 is 5.97 Å². The van der Waals surface area contributed by atoms with E-state index in [1.807, 2.05) is 0 Å². The number of fused-ring (bicyclic) bond motifs is 2. The maximum Gasteiger partial charge on any atom is 0.308 e. The van der Waals surface area contributed by atoms with Crippen LogP contribution in [0, 0.1) is 11.7 Å². The average Bonchev–Trinajstić information content (AvgIpc) is 3.04. The maximum atomic E-state index is 13.7. The van der Waals surface area contributed by atoms with E-state index in [9.17, 15) is 19.1 Å². The Morgan fingerprint density at radius 3 is 2.71 bits per heavy atom. The van der Waals surface area contributed by atoms with Gasteiger partial charge in [-0.25, -0.2) is 4.39 Å². The third-order valence-electron chi connectivity index (χ3n) is 4.49. The number of aliphatic carboxylic acids is 1. The number of carboxylic acid groups (broad SMARTS) is 1. The minimum atomic E-state index is -0.860. The third kappa shape index (κ3) is 2.14. The Morgan fingerprint density at radius 1 is 1.38 bits per heavy atom. The van der Waals surface area contributed by atoms with Crippen LogP contribution < -0.4 is 4.74 Å². The van der Waals surface area contributed by atoms with E-state index in [4.69, 9.17) is 4.74 Å². The lowest BCUT2D eigenvalue weighted by Gasteiger charge is -2.23. The normalized spacial score (nSPS) is 27.0. The summed E-state index contributed by atoms with van der Waals surface area (Å²) in [6.45, 7) is 0. The molecule has 1 amide bonds. The highest BCUT2D eigenvalue weighted by Gasteiger charge is 2.51. The molecule has 2 bridgehead atoms. The topological polar surface area (TPSA) is 66.8 Å². The van der Waals surface area contributed by atoms with Crippen molar-refractivity contribution >= 4 is 11.9 Å². The summed E-state index contributed by atoms with van der Waals surface area (Å²) in [4.78, 5) is 25.4. The van der Waals surface area contributed by atoms with Gasteiger partial charge < -0.3 is 14.7 Å². The highest BCUT2D eigenvalue weighted by atomic mass is 19.1. The van der Waals surface area contributed by atoms with E-state index in [-0.39, 0.29) is 29.3 Å². The number of hydrogen-bond donors (Lipinski definition) is 1. The molecule has 3 unspecified atom stereocenters. The first-order valence-electron chi connectivity index (χ1n) is 6.92. The number of methoxy groups -OCH3 is 1. The Bertz CT molecular complexity index is 603. The molecular formula is C15H16FNO4. The van der Waals surface area contributed by atoms with Gasteiger partial charge in [0, 0.05) is 17.6 Å².